The van der Waals surface area contributed by atoms with Crippen molar-refractivity contribution in [3.8, 4) is 5.75 Å². The average Bonchev–Trinajstić information content (AvgIpc) is 2.50. The Balaban J connectivity index is 2.13. The Hall–Kier alpha value is -0.580. The average molecular weight is 328 g/mol. The Morgan fingerprint density at radius 2 is 2.26 bits per heavy atom. The third-order valence-electron chi connectivity index (χ3n) is 3.43. The van der Waals surface area contributed by atoms with E-state index in [9.17, 15) is 5.11 Å². The van der Waals surface area contributed by atoms with Crippen LogP contribution in [0.5, 0.6) is 5.75 Å². The molecule has 0 bridgehead atoms. The van der Waals surface area contributed by atoms with Crippen LogP contribution in [0.2, 0.25) is 0 Å². The summed E-state index contributed by atoms with van der Waals surface area (Å²) in [4.78, 5) is 0. The Morgan fingerprint density at radius 1 is 1.47 bits per heavy atom. The number of hydrogen-bond acceptors (Lipinski definition) is 3. The van der Waals surface area contributed by atoms with E-state index < -0.39 is 0 Å². The standard InChI is InChI=1S/C15H22BrNO2/c1-10(8-11(2)18)17-14-4-3-7-19-15-9-12(16)5-6-13(14)15/h5-6,9-11,14,17-18H,3-4,7-8H2,1-2H3. The molecule has 2 rings (SSSR count). The first-order valence-corrected chi connectivity index (χ1v) is 7.72. The zero-order valence-electron chi connectivity index (χ0n) is 11.5. The quantitative estimate of drug-likeness (QED) is 0.890. The van der Waals surface area contributed by atoms with Crippen LogP contribution in [0.25, 0.3) is 0 Å². The molecule has 106 valence electrons. The molecule has 0 saturated carbocycles. The van der Waals surface area contributed by atoms with Crippen LogP contribution in [0.3, 0.4) is 0 Å². The summed E-state index contributed by atoms with van der Waals surface area (Å²) in [5.41, 5.74) is 1.22. The molecule has 3 atom stereocenters. The number of rotatable bonds is 4. The van der Waals surface area contributed by atoms with E-state index in [1.165, 1.54) is 5.56 Å². The van der Waals surface area contributed by atoms with Gasteiger partial charge in [-0.1, -0.05) is 22.0 Å². The van der Waals surface area contributed by atoms with Gasteiger partial charge < -0.3 is 15.2 Å². The van der Waals surface area contributed by atoms with Crippen molar-refractivity contribution in [2.24, 2.45) is 0 Å². The maximum absolute atomic E-state index is 9.47. The molecule has 0 spiro atoms. The molecule has 3 unspecified atom stereocenters. The highest BCUT2D eigenvalue weighted by atomic mass is 79.9. The predicted octanol–water partition coefficient (Wildman–Crippen LogP) is 3.41. The fourth-order valence-electron chi connectivity index (χ4n) is 2.64. The van der Waals surface area contributed by atoms with Gasteiger partial charge in [-0.05, 0) is 45.2 Å². The fraction of sp³-hybridized carbons (Fsp3) is 0.600. The zero-order valence-corrected chi connectivity index (χ0v) is 13.1. The van der Waals surface area contributed by atoms with Crippen molar-refractivity contribution in [2.75, 3.05) is 6.61 Å². The first kappa shape index (κ1) is 14.8. The lowest BCUT2D eigenvalue weighted by molar-refractivity contribution is 0.167. The maximum Gasteiger partial charge on any atom is 0.125 e. The molecule has 0 amide bonds. The van der Waals surface area contributed by atoms with E-state index >= 15 is 0 Å². The SMILES string of the molecule is CC(O)CC(C)NC1CCCOc2cc(Br)ccc21. The molecule has 0 aliphatic carbocycles. The highest BCUT2D eigenvalue weighted by Crippen LogP contribution is 2.34. The third-order valence-corrected chi connectivity index (χ3v) is 3.92. The lowest BCUT2D eigenvalue weighted by Gasteiger charge is -2.24. The second kappa shape index (κ2) is 6.73. The van der Waals surface area contributed by atoms with Crippen LogP contribution in [-0.4, -0.2) is 23.9 Å². The summed E-state index contributed by atoms with van der Waals surface area (Å²) in [6, 6.07) is 6.81. The van der Waals surface area contributed by atoms with E-state index in [2.05, 4.69) is 40.3 Å². The van der Waals surface area contributed by atoms with Crippen molar-refractivity contribution in [3.05, 3.63) is 28.2 Å². The van der Waals surface area contributed by atoms with Gasteiger partial charge in [-0.2, -0.15) is 0 Å². The number of halogens is 1. The fourth-order valence-corrected chi connectivity index (χ4v) is 2.98. The lowest BCUT2D eigenvalue weighted by Crippen LogP contribution is -2.32. The van der Waals surface area contributed by atoms with E-state index in [-0.39, 0.29) is 6.10 Å². The van der Waals surface area contributed by atoms with Crippen molar-refractivity contribution >= 4 is 15.9 Å². The minimum Gasteiger partial charge on any atom is -0.493 e. The Morgan fingerprint density at radius 3 is 3.00 bits per heavy atom. The Labute approximate surface area is 123 Å². The van der Waals surface area contributed by atoms with Gasteiger partial charge in [0.25, 0.3) is 0 Å². The smallest absolute Gasteiger partial charge is 0.125 e. The predicted molar refractivity (Wildman–Crippen MR) is 80.5 cm³/mol. The summed E-state index contributed by atoms with van der Waals surface area (Å²) in [6.07, 6.45) is 2.61. The second-order valence-corrected chi connectivity index (χ2v) is 6.29. The van der Waals surface area contributed by atoms with Gasteiger partial charge in [0.05, 0.1) is 12.7 Å². The van der Waals surface area contributed by atoms with Crippen molar-refractivity contribution in [1.29, 1.82) is 0 Å². The van der Waals surface area contributed by atoms with E-state index in [4.69, 9.17) is 4.74 Å². The molecular formula is C15H22BrNO2. The Bertz CT molecular complexity index is 423. The summed E-state index contributed by atoms with van der Waals surface area (Å²) < 4.78 is 6.85. The summed E-state index contributed by atoms with van der Waals surface area (Å²) in [5, 5.41) is 13.1. The number of nitrogens with one attached hydrogen (secondary N) is 1. The molecule has 1 aliphatic heterocycles. The molecule has 19 heavy (non-hydrogen) atoms. The first-order valence-electron chi connectivity index (χ1n) is 6.92. The van der Waals surface area contributed by atoms with Gasteiger partial charge >= 0.3 is 0 Å². The van der Waals surface area contributed by atoms with Gasteiger partial charge in [0.1, 0.15) is 5.75 Å². The van der Waals surface area contributed by atoms with Crippen molar-refractivity contribution in [3.63, 3.8) is 0 Å². The molecule has 0 radical (unpaired) electrons. The summed E-state index contributed by atoms with van der Waals surface area (Å²) in [7, 11) is 0. The van der Waals surface area contributed by atoms with Crippen molar-refractivity contribution in [1.82, 2.24) is 5.32 Å². The number of fused-ring (bicyclic) bond motifs is 1. The molecule has 1 aliphatic rings. The van der Waals surface area contributed by atoms with Crippen LogP contribution in [0, 0.1) is 0 Å². The second-order valence-electron chi connectivity index (χ2n) is 5.38. The van der Waals surface area contributed by atoms with Crippen LogP contribution in [0.1, 0.15) is 44.7 Å². The molecule has 0 aromatic heterocycles. The number of hydrogen-bond donors (Lipinski definition) is 2. The Kier molecular flexibility index (Phi) is 5.25. The van der Waals surface area contributed by atoms with Crippen molar-refractivity contribution in [2.45, 2.75) is 51.3 Å². The van der Waals surface area contributed by atoms with Crippen molar-refractivity contribution < 1.29 is 9.84 Å². The molecule has 2 N–H and O–H groups in total. The van der Waals surface area contributed by atoms with Crippen LogP contribution < -0.4 is 10.1 Å². The van der Waals surface area contributed by atoms with Gasteiger partial charge in [-0.3, -0.25) is 0 Å². The van der Waals surface area contributed by atoms with Gasteiger partial charge in [0.15, 0.2) is 0 Å². The molecular weight excluding hydrogens is 306 g/mol. The normalized spacial score (nSPS) is 22.0. The van der Waals surface area contributed by atoms with Crippen LogP contribution in [0.15, 0.2) is 22.7 Å². The van der Waals surface area contributed by atoms with Gasteiger partial charge in [0.2, 0.25) is 0 Å². The summed E-state index contributed by atoms with van der Waals surface area (Å²) >= 11 is 3.49. The molecule has 0 fully saturated rings. The topological polar surface area (TPSA) is 41.5 Å². The van der Waals surface area contributed by atoms with E-state index in [0.717, 1.165) is 36.1 Å². The highest BCUT2D eigenvalue weighted by molar-refractivity contribution is 9.10. The van der Waals surface area contributed by atoms with E-state index in [1.54, 1.807) is 0 Å². The lowest BCUT2D eigenvalue weighted by atomic mass is 10.00. The van der Waals surface area contributed by atoms with Gasteiger partial charge in [0, 0.05) is 22.1 Å². The van der Waals surface area contributed by atoms with Gasteiger partial charge in [-0.15, -0.1) is 0 Å². The minimum absolute atomic E-state index is 0.270. The van der Waals surface area contributed by atoms with Crippen LogP contribution >= 0.6 is 15.9 Å². The number of benzene rings is 1. The highest BCUT2D eigenvalue weighted by Gasteiger charge is 2.21. The van der Waals surface area contributed by atoms with Crippen LogP contribution in [-0.2, 0) is 0 Å². The van der Waals surface area contributed by atoms with Gasteiger partial charge in [-0.25, -0.2) is 0 Å². The van der Waals surface area contributed by atoms with Crippen LogP contribution in [0.4, 0.5) is 0 Å². The summed E-state index contributed by atoms with van der Waals surface area (Å²) in [6.45, 7) is 4.73. The molecule has 0 saturated heterocycles. The molecule has 4 heteroatoms. The number of ether oxygens (including phenoxy) is 1. The monoisotopic (exact) mass is 327 g/mol. The first-order chi connectivity index (χ1) is 9.06. The molecule has 1 heterocycles. The zero-order chi connectivity index (χ0) is 13.8. The maximum atomic E-state index is 9.47. The minimum atomic E-state index is -0.270. The molecule has 1 aromatic rings. The third kappa shape index (κ3) is 4.20. The largest absolute Gasteiger partial charge is 0.493 e. The summed E-state index contributed by atoms with van der Waals surface area (Å²) in [5.74, 6) is 0.966. The number of aliphatic hydroxyl groups is 1. The van der Waals surface area contributed by atoms with E-state index in [0.29, 0.717) is 12.1 Å². The molecule has 1 aromatic carbocycles. The molecule has 3 nitrogen and oxygen atoms in total. The number of aliphatic hydroxyl groups excluding tert-OH is 1. The van der Waals surface area contributed by atoms with E-state index in [1.807, 2.05) is 13.0 Å².